The lowest BCUT2D eigenvalue weighted by atomic mass is 10.0. The van der Waals surface area contributed by atoms with E-state index in [1.165, 1.54) is 257 Å². The van der Waals surface area contributed by atoms with Crippen LogP contribution in [0.2, 0.25) is 0 Å². The summed E-state index contributed by atoms with van der Waals surface area (Å²) >= 11 is 0. The average molecular weight is 804 g/mol. The normalized spacial score (nSPS) is 12.8. The van der Waals surface area contributed by atoms with Crippen molar-refractivity contribution in [2.75, 3.05) is 6.61 Å². The Morgan fingerprint density at radius 2 is 0.649 bits per heavy atom. The van der Waals surface area contributed by atoms with Crippen LogP contribution in [0.15, 0.2) is 12.2 Å². The quantitative estimate of drug-likeness (QED) is 0.0424. The Balaban J connectivity index is 3.28. The first-order chi connectivity index (χ1) is 28.2. The zero-order valence-corrected chi connectivity index (χ0v) is 39.1. The summed E-state index contributed by atoms with van der Waals surface area (Å²) < 4.78 is 0. The predicted octanol–water partition coefficient (Wildman–Crippen LogP) is 17.0. The van der Waals surface area contributed by atoms with Gasteiger partial charge in [0.15, 0.2) is 0 Å². The topological polar surface area (TPSA) is 69.6 Å². The molecule has 340 valence electrons. The number of aliphatic hydroxyl groups excluding tert-OH is 2. The Morgan fingerprint density at radius 3 is 0.912 bits per heavy atom. The van der Waals surface area contributed by atoms with E-state index in [2.05, 4.69) is 19.2 Å². The number of nitrogens with one attached hydrogen (secondary N) is 1. The number of rotatable bonds is 49. The monoisotopic (exact) mass is 804 g/mol. The summed E-state index contributed by atoms with van der Waals surface area (Å²) in [5.41, 5.74) is 0. The maximum absolute atomic E-state index is 12.3. The summed E-state index contributed by atoms with van der Waals surface area (Å²) in [6.45, 7) is 4.28. The van der Waals surface area contributed by atoms with Crippen molar-refractivity contribution < 1.29 is 15.0 Å². The second kappa shape index (κ2) is 49.5. The minimum Gasteiger partial charge on any atom is -0.394 e. The van der Waals surface area contributed by atoms with Crippen molar-refractivity contribution in [1.82, 2.24) is 5.32 Å². The van der Waals surface area contributed by atoms with E-state index in [-0.39, 0.29) is 12.5 Å². The van der Waals surface area contributed by atoms with E-state index in [9.17, 15) is 15.0 Å². The molecule has 0 spiro atoms. The summed E-state index contributed by atoms with van der Waals surface area (Å²) in [7, 11) is 0. The molecule has 1 amide bonds. The van der Waals surface area contributed by atoms with Gasteiger partial charge in [-0.3, -0.25) is 4.79 Å². The first-order valence-corrected chi connectivity index (χ1v) is 26.4. The van der Waals surface area contributed by atoms with Gasteiger partial charge in [0.25, 0.3) is 0 Å². The summed E-state index contributed by atoms with van der Waals surface area (Å²) in [5.74, 6) is -0.0625. The van der Waals surface area contributed by atoms with E-state index >= 15 is 0 Å². The number of carbonyl (C=O) groups excluding carboxylic acids is 1. The molecule has 0 aromatic rings. The molecule has 0 aliphatic rings. The van der Waals surface area contributed by atoms with Gasteiger partial charge in [-0.05, 0) is 19.3 Å². The van der Waals surface area contributed by atoms with E-state index in [1.807, 2.05) is 6.08 Å². The van der Waals surface area contributed by atoms with Gasteiger partial charge in [0.05, 0.1) is 18.8 Å². The maximum Gasteiger partial charge on any atom is 0.220 e. The van der Waals surface area contributed by atoms with Crippen molar-refractivity contribution in [1.29, 1.82) is 0 Å². The first kappa shape index (κ1) is 56.1. The second-order valence-corrected chi connectivity index (χ2v) is 18.3. The molecule has 0 saturated carbocycles. The van der Waals surface area contributed by atoms with Gasteiger partial charge in [0.2, 0.25) is 5.91 Å². The molecule has 0 aromatic heterocycles. The molecule has 0 aromatic carbocycles. The third kappa shape index (κ3) is 46.1. The highest BCUT2D eigenvalue weighted by Crippen LogP contribution is 2.18. The van der Waals surface area contributed by atoms with Gasteiger partial charge >= 0.3 is 0 Å². The van der Waals surface area contributed by atoms with Crippen LogP contribution in [-0.4, -0.2) is 34.9 Å². The van der Waals surface area contributed by atoms with Crippen molar-refractivity contribution in [3.05, 3.63) is 12.2 Å². The molecule has 0 aliphatic carbocycles. The van der Waals surface area contributed by atoms with E-state index in [0.29, 0.717) is 6.42 Å². The molecule has 0 fully saturated rings. The van der Waals surface area contributed by atoms with E-state index in [4.69, 9.17) is 0 Å². The number of hydrogen-bond acceptors (Lipinski definition) is 3. The van der Waals surface area contributed by atoms with Gasteiger partial charge in [-0.25, -0.2) is 0 Å². The van der Waals surface area contributed by atoms with Gasteiger partial charge in [-0.15, -0.1) is 0 Å². The summed E-state index contributed by atoms with van der Waals surface area (Å²) in [4.78, 5) is 12.3. The fourth-order valence-corrected chi connectivity index (χ4v) is 8.48. The molecule has 0 heterocycles. The van der Waals surface area contributed by atoms with Crippen LogP contribution in [0, 0.1) is 0 Å². The van der Waals surface area contributed by atoms with Gasteiger partial charge < -0.3 is 15.5 Å². The third-order valence-corrected chi connectivity index (χ3v) is 12.5. The number of aliphatic hydroxyl groups is 2. The average Bonchev–Trinajstić information content (AvgIpc) is 3.22. The van der Waals surface area contributed by atoms with Crippen LogP contribution in [0.5, 0.6) is 0 Å². The lowest BCUT2D eigenvalue weighted by molar-refractivity contribution is -0.123. The van der Waals surface area contributed by atoms with Crippen LogP contribution in [0.1, 0.15) is 303 Å². The molecule has 57 heavy (non-hydrogen) atoms. The van der Waals surface area contributed by atoms with E-state index in [1.54, 1.807) is 6.08 Å². The third-order valence-electron chi connectivity index (χ3n) is 12.5. The fraction of sp³-hybridized carbons (Fsp3) is 0.943. The van der Waals surface area contributed by atoms with Crippen molar-refractivity contribution in [2.24, 2.45) is 0 Å². The van der Waals surface area contributed by atoms with Crippen LogP contribution in [-0.2, 0) is 4.79 Å². The van der Waals surface area contributed by atoms with Gasteiger partial charge in [0.1, 0.15) is 0 Å². The molecule has 0 saturated heterocycles. The van der Waals surface area contributed by atoms with E-state index in [0.717, 1.165) is 25.7 Å². The highest BCUT2D eigenvalue weighted by molar-refractivity contribution is 5.76. The van der Waals surface area contributed by atoms with Crippen LogP contribution >= 0.6 is 0 Å². The Bertz CT molecular complexity index is 784. The second-order valence-electron chi connectivity index (χ2n) is 18.3. The largest absolute Gasteiger partial charge is 0.394 e. The first-order valence-electron chi connectivity index (χ1n) is 26.4. The smallest absolute Gasteiger partial charge is 0.220 e. The standard InChI is InChI=1S/C53H105NO3/c1-3-5-7-9-11-12-13-14-15-16-17-18-19-20-21-22-23-24-25-26-27-28-29-30-31-32-33-34-35-36-37-38-39-40-41-43-45-47-49-53(57)54-51(50-55)52(56)48-46-44-42-10-8-6-4-2/h46,48,51-52,55-56H,3-45,47,49-50H2,1-2H3,(H,54,57)/b48-46+. The lowest BCUT2D eigenvalue weighted by Crippen LogP contribution is -2.45. The van der Waals surface area contributed by atoms with Crippen molar-refractivity contribution in [3.8, 4) is 0 Å². The van der Waals surface area contributed by atoms with Crippen molar-refractivity contribution >= 4 is 5.91 Å². The van der Waals surface area contributed by atoms with Crippen LogP contribution in [0.25, 0.3) is 0 Å². The van der Waals surface area contributed by atoms with Crippen LogP contribution in [0.3, 0.4) is 0 Å². The lowest BCUT2D eigenvalue weighted by Gasteiger charge is -2.20. The molecular formula is C53H105NO3. The molecule has 0 aliphatic heterocycles. The molecule has 2 atom stereocenters. The Morgan fingerprint density at radius 1 is 0.404 bits per heavy atom. The fourth-order valence-electron chi connectivity index (χ4n) is 8.48. The van der Waals surface area contributed by atoms with Gasteiger partial charge in [-0.1, -0.05) is 289 Å². The Labute approximate surface area is 358 Å². The van der Waals surface area contributed by atoms with Crippen molar-refractivity contribution in [3.63, 3.8) is 0 Å². The molecule has 0 rings (SSSR count). The van der Waals surface area contributed by atoms with Crippen LogP contribution in [0.4, 0.5) is 0 Å². The maximum atomic E-state index is 12.3. The summed E-state index contributed by atoms with van der Waals surface area (Å²) in [6.07, 6.45) is 64.1. The summed E-state index contributed by atoms with van der Waals surface area (Å²) in [5, 5.41) is 22.8. The molecule has 0 radical (unpaired) electrons. The molecule has 3 N–H and O–H groups in total. The highest BCUT2D eigenvalue weighted by atomic mass is 16.3. The molecule has 0 bridgehead atoms. The van der Waals surface area contributed by atoms with Crippen LogP contribution < -0.4 is 5.32 Å². The number of carbonyl (C=O) groups is 1. The molecule has 2 unspecified atom stereocenters. The minimum atomic E-state index is -0.831. The molecule has 4 heteroatoms. The molecular weight excluding hydrogens is 699 g/mol. The minimum absolute atomic E-state index is 0.0625. The van der Waals surface area contributed by atoms with Gasteiger partial charge in [0, 0.05) is 6.42 Å². The number of amides is 1. The highest BCUT2D eigenvalue weighted by Gasteiger charge is 2.18. The van der Waals surface area contributed by atoms with Crippen molar-refractivity contribution in [2.45, 2.75) is 315 Å². The van der Waals surface area contributed by atoms with E-state index < -0.39 is 12.1 Å². The zero-order valence-electron chi connectivity index (χ0n) is 39.1. The SMILES string of the molecule is CCCCCCC/C=C/C(O)C(CO)NC(=O)CCCCCCCCCCCCCCCCCCCCCCCCCCCCCCCCCCCCCCCC. The Kier molecular flexibility index (Phi) is 48.7. The Hall–Kier alpha value is -0.870. The number of allylic oxidation sites excluding steroid dienone is 1. The molecule has 4 nitrogen and oxygen atoms in total. The summed E-state index contributed by atoms with van der Waals surface area (Å²) in [6, 6.07) is -0.614. The number of hydrogen-bond donors (Lipinski definition) is 3. The van der Waals surface area contributed by atoms with Gasteiger partial charge in [-0.2, -0.15) is 0 Å². The zero-order chi connectivity index (χ0) is 41.4. The number of unbranched alkanes of at least 4 members (excludes halogenated alkanes) is 42. The predicted molar refractivity (Wildman–Crippen MR) is 253 cm³/mol.